The first-order chi connectivity index (χ1) is 33.9. The molecule has 9 heterocycles. The smallest absolute Gasteiger partial charge is 0.219 e. The summed E-state index contributed by atoms with van der Waals surface area (Å²) in [4.78, 5) is 41.9. The Hall–Kier alpha value is -5.02. The average molecular weight is 1140 g/mol. The molecule has 0 radical (unpaired) electrons. The number of nitrogens with one attached hydrogen (secondary N) is 3. The Morgan fingerprint density at radius 2 is 0.901 bits per heavy atom. The molecule has 13 nitrogen and oxygen atoms in total. The van der Waals surface area contributed by atoms with E-state index in [4.69, 9.17) is 26.6 Å². The van der Waals surface area contributed by atoms with E-state index in [0.717, 1.165) is 145 Å². The Labute approximate surface area is 452 Å². The zero-order valence-electron chi connectivity index (χ0n) is 41.3. The number of benzene rings is 3. The fourth-order valence-electron chi connectivity index (χ4n) is 9.49. The highest BCUT2D eigenvalue weighted by Gasteiger charge is 2.33. The Bertz CT molecular complexity index is 2970. The van der Waals surface area contributed by atoms with Gasteiger partial charge >= 0.3 is 0 Å². The molecule has 6 aliphatic rings. The number of halogens is 2. The quantitative estimate of drug-likeness (QED) is 0.0661. The van der Waals surface area contributed by atoms with Crippen LogP contribution in [0.1, 0.15) is 38.2 Å². The Morgan fingerprint density at radius 3 is 1.25 bits per heavy atom. The molecule has 0 spiro atoms. The number of amides is 1. The van der Waals surface area contributed by atoms with E-state index in [2.05, 4.69) is 137 Å². The monoisotopic (exact) mass is 1140 g/mol. The molecule has 0 bridgehead atoms. The summed E-state index contributed by atoms with van der Waals surface area (Å²) in [7, 11) is 4.42. The number of piperazine rings is 3. The molecule has 0 atom stereocenters. The highest BCUT2D eigenvalue weighted by atomic mass is 127. The van der Waals surface area contributed by atoms with Crippen LogP contribution in [0.2, 0.25) is 0 Å². The van der Waals surface area contributed by atoms with Crippen molar-refractivity contribution in [2.24, 2.45) is 15.0 Å². The molecule has 18 heteroatoms. The number of quaternary nitrogens is 1. The van der Waals surface area contributed by atoms with Gasteiger partial charge in [-0.15, -0.1) is 34.0 Å². The number of carbonyl (C=O) groups excluding carboxylic acids is 1. The topological polar surface area (TPSA) is 106 Å². The van der Waals surface area contributed by atoms with E-state index in [-0.39, 0.29) is 29.9 Å². The number of para-hydroxylation sites is 6. The lowest BCUT2D eigenvalue weighted by Gasteiger charge is -2.41. The third-order valence-corrected chi connectivity index (χ3v) is 17.1. The molecule has 1 amide bonds. The van der Waals surface area contributed by atoms with E-state index in [1.165, 1.54) is 35.8 Å². The van der Waals surface area contributed by atoms with Gasteiger partial charge in [-0.3, -0.25) is 4.79 Å². The third-order valence-electron chi connectivity index (χ3n) is 13.7. The number of anilines is 6. The molecule has 0 saturated carbocycles. The lowest BCUT2D eigenvalue weighted by molar-refractivity contribution is -0.902. The van der Waals surface area contributed by atoms with E-state index in [9.17, 15) is 4.79 Å². The molecule has 3 aromatic carbocycles. The normalized spacial score (nSPS) is 17.6. The van der Waals surface area contributed by atoms with Gasteiger partial charge < -0.3 is 68.9 Å². The minimum Gasteiger partial charge on any atom is -1.00 e. The SMILES string of the molecule is CC(=O)N1CCN(C2=Nc3ccccc3Nc3sc(C)cc32)CC1.Cc1cc2c(s1)Nc1ccccc1N=C2N1CCN(C)CC1.Cc1cc2c(s1)Nc1ccccc1N=C2N1CC[N+](C)(CCl)CC1.[I-]. The zero-order chi connectivity index (χ0) is 48.5. The highest BCUT2D eigenvalue weighted by molar-refractivity contribution is 7.17. The molecule has 0 unspecified atom stereocenters. The second kappa shape index (κ2) is 22.0. The Kier molecular flexibility index (Phi) is 15.8. The standard InChI is InChI=1S/C18H22ClN4S.C18H20N4OS.C17H20N4S.HI/c1-13-11-14-17(22-7-9-23(2,12-19)10-8-22)20-15-5-3-4-6-16(15)21-18(14)24-13;1-12-11-14-17(22-9-7-21(8-10-22)13(2)23)19-15-5-3-4-6-16(15)20-18(14)24-12;1-12-11-13-16(21-9-7-20(2)8-10-21)18-14-5-3-4-6-15(14)19-17(13)22-12;/h3-6,11,21H,7-10,12H2,1-2H3;3-6,11,20H,7-10H2,1-2H3;3-6,11,19H,7-10H2,1-2H3;1H/q+1;;;/p-1. The third kappa shape index (κ3) is 11.3. The van der Waals surface area contributed by atoms with Gasteiger partial charge in [0.05, 0.1) is 84.0 Å². The Morgan fingerprint density at radius 1 is 0.563 bits per heavy atom. The van der Waals surface area contributed by atoms with Crippen LogP contribution in [0.5, 0.6) is 0 Å². The number of likely N-dealkylation sites (N-methyl/N-ethyl adjacent to an activating group) is 2. The predicted octanol–water partition coefficient (Wildman–Crippen LogP) is 7.95. The maximum absolute atomic E-state index is 11.6. The lowest BCUT2D eigenvalue weighted by atomic mass is 10.2. The van der Waals surface area contributed by atoms with Crippen LogP contribution >= 0.6 is 45.6 Å². The molecule has 372 valence electrons. The summed E-state index contributed by atoms with van der Waals surface area (Å²) in [5, 5.41) is 14.2. The van der Waals surface area contributed by atoms with Gasteiger partial charge in [-0.05, 0) is 82.4 Å². The van der Waals surface area contributed by atoms with Gasteiger partial charge in [0.15, 0.2) is 6.00 Å². The largest absolute Gasteiger partial charge is 1.00 e. The summed E-state index contributed by atoms with van der Waals surface area (Å²) in [5.74, 6) is 3.36. The van der Waals surface area contributed by atoms with Crippen LogP contribution in [-0.4, -0.2) is 151 Å². The van der Waals surface area contributed by atoms with Gasteiger partial charge in [-0.2, -0.15) is 0 Å². The minimum absolute atomic E-state index is 0. The van der Waals surface area contributed by atoms with Crippen LogP contribution < -0.4 is 39.9 Å². The molecule has 3 aromatic heterocycles. The van der Waals surface area contributed by atoms with Crippen LogP contribution in [0, 0.1) is 20.8 Å². The van der Waals surface area contributed by atoms with Crippen LogP contribution in [0.15, 0.2) is 106 Å². The van der Waals surface area contributed by atoms with Crippen molar-refractivity contribution in [3.63, 3.8) is 0 Å². The molecule has 71 heavy (non-hydrogen) atoms. The van der Waals surface area contributed by atoms with E-state index in [0.29, 0.717) is 6.00 Å². The summed E-state index contributed by atoms with van der Waals surface area (Å²) in [6.45, 7) is 19.5. The van der Waals surface area contributed by atoms with Crippen molar-refractivity contribution in [3.8, 4) is 0 Å². The maximum Gasteiger partial charge on any atom is 0.219 e. The number of carbonyl (C=O) groups is 1. The molecule has 3 fully saturated rings. The van der Waals surface area contributed by atoms with Crippen LogP contribution in [0.25, 0.3) is 0 Å². The number of aryl methyl sites for hydroxylation is 3. The number of rotatable bonds is 1. The van der Waals surface area contributed by atoms with Crippen molar-refractivity contribution in [1.82, 2.24) is 24.5 Å². The second-order valence-corrected chi connectivity index (χ2v) is 23.0. The summed E-state index contributed by atoms with van der Waals surface area (Å²) in [5.41, 5.74) is 9.82. The molecule has 0 aliphatic carbocycles. The first-order valence-corrected chi connectivity index (χ1v) is 27.1. The van der Waals surface area contributed by atoms with Crippen LogP contribution in [-0.2, 0) is 4.79 Å². The maximum atomic E-state index is 11.6. The van der Waals surface area contributed by atoms with Crippen molar-refractivity contribution in [3.05, 3.63) is 122 Å². The van der Waals surface area contributed by atoms with Gasteiger partial charge in [0, 0.05) is 73.9 Å². The highest BCUT2D eigenvalue weighted by Crippen LogP contribution is 2.42. The lowest BCUT2D eigenvalue weighted by Crippen LogP contribution is -3.00. The zero-order valence-corrected chi connectivity index (χ0v) is 46.6. The average Bonchev–Trinajstić information content (AvgIpc) is 3.94. The van der Waals surface area contributed by atoms with E-state index < -0.39 is 0 Å². The molecule has 3 saturated heterocycles. The molecule has 12 rings (SSSR count). The molecular weight excluding hydrogens is 1080 g/mol. The summed E-state index contributed by atoms with van der Waals surface area (Å²) < 4.78 is 0.926. The van der Waals surface area contributed by atoms with Gasteiger partial charge in [-0.1, -0.05) is 48.0 Å². The molecule has 6 aliphatic heterocycles. The Balaban J connectivity index is 0.000000131. The number of amidine groups is 3. The predicted molar refractivity (Wildman–Crippen MR) is 296 cm³/mol. The van der Waals surface area contributed by atoms with Crippen molar-refractivity contribution in [2.45, 2.75) is 27.7 Å². The number of aliphatic imine (C=N–C) groups is 3. The van der Waals surface area contributed by atoms with E-state index >= 15 is 0 Å². The summed E-state index contributed by atoms with van der Waals surface area (Å²) >= 11 is 11.5. The van der Waals surface area contributed by atoms with Crippen molar-refractivity contribution in [1.29, 1.82) is 0 Å². The van der Waals surface area contributed by atoms with E-state index in [1.807, 2.05) is 29.2 Å². The van der Waals surface area contributed by atoms with Gasteiger partial charge in [0.2, 0.25) is 5.91 Å². The first kappa shape index (κ1) is 50.9. The second-order valence-electron chi connectivity index (χ2n) is 19.0. The molecule has 6 aromatic rings. The number of alkyl halides is 1. The minimum atomic E-state index is 0. The number of hydrogen-bond acceptors (Lipinski definition) is 14. The van der Waals surface area contributed by atoms with Crippen LogP contribution in [0.4, 0.5) is 49.1 Å². The number of thiophene rings is 3. The number of fused-ring (bicyclic) bond motifs is 6. The molecule has 3 N–H and O–H groups in total. The van der Waals surface area contributed by atoms with Gasteiger partial charge in [-0.25, -0.2) is 15.0 Å². The number of nitrogens with zero attached hydrogens (tertiary/aromatic N) is 9. The summed E-state index contributed by atoms with van der Waals surface area (Å²) in [6, 6.07) is 32.1. The first-order valence-electron chi connectivity index (χ1n) is 24.2. The van der Waals surface area contributed by atoms with Crippen molar-refractivity contribution in [2.75, 3.05) is 115 Å². The van der Waals surface area contributed by atoms with Gasteiger partial charge in [0.25, 0.3) is 0 Å². The van der Waals surface area contributed by atoms with Gasteiger partial charge in [0.1, 0.15) is 32.5 Å². The van der Waals surface area contributed by atoms with Crippen LogP contribution in [0.3, 0.4) is 0 Å². The molecular formula is C53H62ClIN12OS3. The van der Waals surface area contributed by atoms with Crippen molar-refractivity contribution < 1.29 is 33.3 Å². The van der Waals surface area contributed by atoms with Crippen molar-refractivity contribution >= 4 is 118 Å². The van der Waals surface area contributed by atoms with E-state index in [1.54, 1.807) is 40.9 Å². The number of hydrogen-bond donors (Lipinski definition) is 3. The summed E-state index contributed by atoms with van der Waals surface area (Å²) in [6.07, 6.45) is 0. The fourth-order valence-corrected chi connectivity index (χ4v) is 12.5. The fraction of sp³-hybridized carbons (Fsp3) is 0.358.